The summed E-state index contributed by atoms with van der Waals surface area (Å²) < 4.78 is 1.59. The Morgan fingerprint density at radius 1 is 1.03 bits per heavy atom. The van der Waals surface area contributed by atoms with E-state index < -0.39 is 0 Å². The summed E-state index contributed by atoms with van der Waals surface area (Å²) in [7, 11) is 0. The van der Waals surface area contributed by atoms with E-state index in [1.807, 2.05) is 36.4 Å². The van der Waals surface area contributed by atoms with E-state index in [-0.39, 0.29) is 11.6 Å². The van der Waals surface area contributed by atoms with E-state index in [0.29, 0.717) is 18.8 Å². The molecule has 6 nitrogen and oxygen atoms in total. The molecule has 2 amide bonds. The number of nitrogens with zero attached hydrogens (tertiary/aromatic N) is 1. The maximum Gasteiger partial charge on any atom is 0.319 e. The van der Waals surface area contributed by atoms with Crippen LogP contribution in [-0.2, 0) is 26.1 Å². The number of fused-ring (bicyclic) bond motifs is 1. The van der Waals surface area contributed by atoms with Crippen LogP contribution in [0.2, 0.25) is 0 Å². The summed E-state index contributed by atoms with van der Waals surface area (Å²) in [6, 6.07) is 18.8. The third kappa shape index (κ3) is 4.73. The molecule has 1 aliphatic rings. The van der Waals surface area contributed by atoms with Gasteiger partial charge in [-0.1, -0.05) is 48.5 Å². The highest BCUT2D eigenvalue weighted by Crippen LogP contribution is 2.18. The summed E-state index contributed by atoms with van der Waals surface area (Å²) in [4.78, 5) is 24.5. The Morgan fingerprint density at radius 3 is 2.76 bits per heavy atom. The zero-order valence-corrected chi connectivity index (χ0v) is 16.2. The van der Waals surface area contributed by atoms with Gasteiger partial charge in [0.1, 0.15) is 0 Å². The molecule has 0 aliphatic carbocycles. The lowest BCUT2D eigenvalue weighted by molar-refractivity contribution is 0.251. The fourth-order valence-corrected chi connectivity index (χ4v) is 3.64. The predicted octanol–water partition coefficient (Wildman–Crippen LogP) is 2.86. The molecule has 0 saturated heterocycles. The quantitative estimate of drug-likeness (QED) is 0.629. The first-order valence-corrected chi connectivity index (χ1v) is 9.79. The summed E-state index contributed by atoms with van der Waals surface area (Å²) in [6.07, 6.45) is 2.64. The van der Waals surface area contributed by atoms with Crippen molar-refractivity contribution in [2.75, 3.05) is 11.9 Å². The minimum absolute atomic E-state index is 0.107. The van der Waals surface area contributed by atoms with Crippen molar-refractivity contribution < 1.29 is 4.79 Å². The second-order valence-electron chi connectivity index (χ2n) is 7.16. The second kappa shape index (κ2) is 8.75. The first kappa shape index (κ1) is 19.0. The zero-order chi connectivity index (χ0) is 20.1. The molecule has 1 aliphatic heterocycles. The first-order valence-electron chi connectivity index (χ1n) is 9.79. The SMILES string of the molecule is O=C(NCc1cccc2c1CCNC2)Nc1ccc(=O)n(Cc2ccccc2)c1. The van der Waals surface area contributed by atoms with Gasteiger partial charge < -0.3 is 20.5 Å². The smallest absolute Gasteiger partial charge is 0.319 e. The lowest BCUT2D eigenvalue weighted by Gasteiger charge is -2.20. The number of rotatable bonds is 5. The van der Waals surface area contributed by atoms with E-state index in [9.17, 15) is 9.59 Å². The third-order valence-electron chi connectivity index (χ3n) is 5.11. The second-order valence-corrected chi connectivity index (χ2v) is 7.16. The Bertz CT molecular complexity index is 1060. The molecule has 29 heavy (non-hydrogen) atoms. The monoisotopic (exact) mass is 388 g/mol. The standard InChI is InChI=1S/C23H24N4O2/c28-22-10-9-20(16-27(22)15-17-5-2-1-3-6-17)26-23(29)25-14-19-8-4-7-18-13-24-12-11-21(18)19/h1-10,16,24H,11-15H2,(H2,25,26,29). The Kier molecular flexibility index (Phi) is 5.72. The molecule has 6 heteroatoms. The highest BCUT2D eigenvalue weighted by atomic mass is 16.2. The Labute approximate surface area is 169 Å². The van der Waals surface area contributed by atoms with Crippen molar-refractivity contribution in [1.29, 1.82) is 0 Å². The van der Waals surface area contributed by atoms with E-state index in [4.69, 9.17) is 0 Å². The molecule has 0 atom stereocenters. The molecule has 0 unspecified atom stereocenters. The van der Waals surface area contributed by atoms with Gasteiger partial charge in [-0.05, 0) is 41.3 Å². The summed E-state index contributed by atoms with van der Waals surface area (Å²) in [6.45, 7) is 2.76. The molecular formula is C23H24N4O2. The normalized spacial score (nSPS) is 12.8. The van der Waals surface area contributed by atoms with Gasteiger partial charge in [0.05, 0.1) is 12.2 Å². The zero-order valence-electron chi connectivity index (χ0n) is 16.2. The lowest BCUT2D eigenvalue weighted by atomic mass is 9.95. The van der Waals surface area contributed by atoms with Crippen LogP contribution in [0.3, 0.4) is 0 Å². The maximum absolute atomic E-state index is 12.4. The molecule has 2 aromatic carbocycles. The lowest BCUT2D eigenvalue weighted by Crippen LogP contribution is -2.31. The van der Waals surface area contributed by atoms with Crippen LogP contribution in [0.15, 0.2) is 71.7 Å². The van der Waals surface area contributed by atoms with E-state index in [2.05, 4.69) is 28.1 Å². The topological polar surface area (TPSA) is 75.2 Å². The van der Waals surface area contributed by atoms with Gasteiger partial charge in [0.25, 0.3) is 5.56 Å². The summed E-state index contributed by atoms with van der Waals surface area (Å²) in [5, 5.41) is 9.11. The number of aromatic nitrogens is 1. The van der Waals surface area contributed by atoms with Gasteiger partial charge in [-0.3, -0.25) is 4.79 Å². The maximum atomic E-state index is 12.4. The van der Waals surface area contributed by atoms with Gasteiger partial charge in [0.15, 0.2) is 0 Å². The number of hydrogen-bond donors (Lipinski definition) is 3. The van der Waals surface area contributed by atoms with Crippen molar-refractivity contribution in [3.8, 4) is 0 Å². The van der Waals surface area contributed by atoms with E-state index in [0.717, 1.165) is 30.6 Å². The molecule has 0 spiro atoms. The molecule has 3 N–H and O–H groups in total. The van der Waals surface area contributed by atoms with Crippen LogP contribution < -0.4 is 21.5 Å². The number of carbonyl (C=O) groups excluding carboxylic acids is 1. The summed E-state index contributed by atoms with van der Waals surface area (Å²) in [5.41, 5.74) is 5.27. The predicted molar refractivity (Wildman–Crippen MR) is 114 cm³/mol. The van der Waals surface area contributed by atoms with Crippen LogP contribution in [0, 0.1) is 0 Å². The third-order valence-corrected chi connectivity index (χ3v) is 5.11. The average molecular weight is 388 g/mol. The molecule has 0 radical (unpaired) electrons. The van der Waals surface area contributed by atoms with E-state index >= 15 is 0 Å². The number of carbonyl (C=O) groups is 1. The summed E-state index contributed by atoms with van der Waals surface area (Å²) >= 11 is 0. The van der Waals surface area contributed by atoms with E-state index in [1.165, 1.54) is 17.2 Å². The fourth-order valence-electron chi connectivity index (χ4n) is 3.64. The van der Waals surface area contributed by atoms with E-state index in [1.54, 1.807) is 16.8 Å². The van der Waals surface area contributed by atoms with Gasteiger partial charge >= 0.3 is 6.03 Å². The van der Waals surface area contributed by atoms with Gasteiger partial charge in [0.2, 0.25) is 0 Å². The van der Waals surface area contributed by atoms with Crippen LogP contribution in [-0.4, -0.2) is 17.1 Å². The number of nitrogens with one attached hydrogen (secondary N) is 3. The van der Waals surface area contributed by atoms with Crippen LogP contribution in [0.5, 0.6) is 0 Å². The molecule has 4 rings (SSSR count). The Hall–Kier alpha value is -3.38. The van der Waals surface area contributed by atoms with Crippen LogP contribution in [0.25, 0.3) is 0 Å². The first-order chi connectivity index (χ1) is 14.2. The number of hydrogen-bond acceptors (Lipinski definition) is 3. The molecule has 3 aromatic rings. The van der Waals surface area contributed by atoms with Crippen molar-refractivity contribution in [2.45, 2.75) is 26.1 Å². The highest BCUT2D eigenvalue weighted by Gasteiger charge is 2.13. The van der Waals surface area contributed by atoms with Gasteiger partial charge in [-0.25, -0.2) is 4.79 Å². The molecule has 1 aromatic heterocycles. The fraction of sp³-hybridized carbons (Fsp3) is 0.217. The largest absolute Gasteiger partial charge is 0.334 e. The number of anilines is 1. The van der Waals surface area contributed by atoms with Gasteiger partial charge in [0, 0.05) is 25.4 Å². The molecule has 0 fully saturated rings. The van der Waals surface area contributed by atoms with Crippen molar-refractivity contribution >= 4 is 11.7 Å². The molecule has 0 bridgehead atoms. The van der Waals surface area contributed by atoms with Gasteiger partial charge in [-0.15, -0.1) is 0 Å². The van der Waals surface area contributed by atoms with Crippen molar-refractivity contribution in [3.05, 3.63) is 99.5 Å². The van der Waals surface area contributed by atoms with Crippen LogP contribution in [0.4, 0.5) is 10.5 Å². The van der Waals surface area contributed by atoms with Gasteiger partial charge in [-0.2, -0.15) is 0 Å². The van der Waals surface area contributed by atoms with Crippen molar-refractivity contribution in [2.24, 2.45) is 0 Å². The minimum Gasteiger partial charge on any atom is -0.334 e. The number of benzene rings is 2. The molecule has 2 heterocycles. The summed E-state index contributed by atoms with van der Waals surface area (Å²) in [5.74, 6) is 0. The molecule has 0 saturated carbocycles. The highest BCUT2D eigenvalue weighted by molar-refractivity contribution is 5.88. The number of amides is 2. The Morgan fingerprint density at radius 2 is 1.90 bits per heavy atom. The number of urea groups is 1. The van der Waals surface area contributed by atoms with Crippen molar-refractivity contribution in [1.82, 2.24) is 15.2 Å². The van der Waals surface area contributed by atoms with Crippen LogP contribution in [0.1, 0.15) is 22.3 Å². The Balaban J connectivity index is 1.40. The molecular weight excluding hydrogens is 364 g/mol. The molecule has 148 valence electrons. The average Bonchev–Trinajstić information content (AvgIpc) is 2.75. The number of pyridine rings is 1. The minimum atomic E-state index is -0.290. The van der Waals surface area contributed by atoms with Crippen molar-refractivity contribution in [3.63, 3.8) is 0 Å². The van der Waals surface area contributed by atoms with Crippen LogP contribution >= 0.6 is 0 Å².